The molecular formula is C18H20N4O3. The molecule has 0 saturated carbocycles. The second-order valence-electron chi connectivity index (χ2n) is 6.22. The predicted molar refractivity (Wildman–Crippen MR) is 93.3 cm³/mol. The maximum atomic E-state index is 12.7. The molecule has 1 aromatic carbocycles. The van der Waals surface area contributed by atoms with E-state index in [0.29, 0.717) is 31.9 Å². The monoisotopic (exact) mass is 340 g/mol. The van der Waals surface area contributed by atoms with Crippen LogP contribution in [0.2, 0.25) is 0 Å². The lowest BCUT2D eigenvalue weighted by molar-refractivity contribution is -0.119. The van der Waals surface area contributed by atoms with E-state index >= 15 is 0 Å². The van der Waals surface area contributed by atoms with Gasteiger partial charge in [0, 0.05) is 31.7 Å². The number of benzene rings is 1. The molecule has 0 spiro atoms. The maximum Gasteiger partial charge on any atom is 0.346 e. The van der Waals surface area contributed by atoms with Crippen molar-refractivity contribution in [2.75, 3.05) is 26.2 Å². The molecule has 1 aliphatic rings. The van der Waals surface area contributed by atoms with Crippen molar-refractivity contribution in [2.45, 2.75) is 13.8 Å². The van der Waals surface area contributed by atoms with Gasteiger partial charge in [0.2, 0.25) is 6.41 Å². The molecule has 25 heavy (non-hydrogen) atoms. The van der Waals surface area contributed by atoms with Crippen molar-refractivity contribution in [1.82, 2.24) is 19.8 Å². The van der Waals surface area contributed by atoms with Gasteiger partial charge in [0.25, 0.3) is 5.91 Å². The quantitative estimate of drug-likeness (QED) is 0.844. The molecule has 3 rings (SSSR count). The van der Waals surface area contributed by atoms with Crippen LogP contribution in [0.1, 0.15) is 21.6 Å². The van der Waals surface area contributed by atoms with Gasteiger partial charge in [-0.2, -0.15) is 4.98 Å². The molecular weight excluding hydrogens is 320 g/mol. The van der Waals surface area contributed by atoms with E-state index in [0.717, 1.165) is 23.1 Å². The molecule has 0 unspecified atom stereocenters. The Kier molecular flexibility index (Phi) is 4.65. The number of nitrogens with zero attached hydrogens (tertiary/aromatic N) is 3. The van der Waals surface area contributed by atoms with Gasteiger partial charge >= 0.3 is 5.69 Å². The molecule has 0 atom stereocenters. The third-order valence-electron chi connectivity index (χ3n) is 4.53. The van der Waals surface area contributed by atoms with E-state index in [9.17, 15) is 14.4 Å². The molecule has 1 saturated heterocycles. The molecule has 0 bridgehead atoms. The first-order valence-corrected chi connectivity index (χ1v) is 8.15. The van der Waals surface area contributed by atoms with E-state index in [1.54, 1.807) is 15.9 Å². The van der Waals surface area contributed by atoms with Crippen molar-refractivity contribution in [3.8, 4) is 11.3 Å². The summed E-state index contributed by atoms with van der Waals surface area (Å²) in [5.41, 5.74) is 3.18. The second-order valence-corrected chi connectivity index (χ2v) is 6.22. The molecule has 7 nitrogen and oxygen atoms in total. The summed E-state index contributed by atoms with van der Waals surface area (Å²) in [4.78, 5) is 45.1. The molecule has 1 N–H and O–H groups in total. The summed E-state index contributed by atoms with van der Waals surface area (Å²) in [5.74, 6) is -0.255. The maximum absolute atomic E-state index is 12.7. The lowest BCUT2D eigenvalue weighted by Crippen LogP contribution is -2.48. The van der Waals surface area contributed by atoms with E-state index in [4.69, 9.17) is 0 Å². The Morgan fingerprint density at radius 1 is 1.12 bits per heavy atom. The molecule has 7 heteroatoms. The average molecular weight is 340 g/mol. The summed E-state index contributed by atoms with van der Waals surface area (Å²) in [5, 5.41) is 0. The third-order valence-corrected chi connectivity index (χ3v) is 4.53. The number of H-pyrrole nitrogens is 1. The number of nitrogens with one attached hydrogen (secondary N) is 1. The summed E-state index contributed by atoms with van der Waals surface area (Å²) >= 11 is 0. The van der Waals surface area contributed by atoms with Crippen LogP contribution in [0.15, 0.2) is 29.1 Å². The summed E-state index contributed by atoms with van der Waals surface area (Å²) in [6.07, 6.45) is 0.786. The van der Waals surface area contributed by atoms with Crippen LogP contribution in [-0.2, 0) is 4.79 Å². The Morgan fingerprint density at radius 2 is 1.84 bits per heavy atom. The summed E-state index contributed by atoms with van der Waals surface area (Å²) in [6.45, 7) is 5.88. The molecule has 0 aliphatic carbocycles. The summed E-state index contributed by atoms with van der Waals surface area (Å²) in [7, 11) is 0. The zero-order valence-corrected chi connectivity index (χ0v) is 14.3. The van der Waals surface area contributed by atoms with Crippen molar-refractivity contribution >= 4 is 12.3 Å². The van der Waals surface area contributed by atoms with E-state index in [1.165, 1.54) is 0 Å². The predicted octanol–water partition coefficient (Wildman–Crippen LogP) is 0.968. The molecule has 2 aromatic rings. The van der Waals surface area contributed by atoms with Gasteiger partial charge in [-0.3, -0.25) is 9.59 Å². The first kappa shape index (κ1) is 16.9. The van der Waals surface area contributed by atoms with Gasteiger partial charge in [0.1, 0.15) is 5.69 Å². The number of rotatable bonds is 3. The molecule has 1 aliphatic heterocycles. The molecule has 2 amide bonds. The second kappa shape index (κ2) is 6.88. The topological polar surface area (TPSA) is 86.4 Å². The van der Waals surface area contributed by atoms with Crippen LogP contribution in [0.3, 0.4) is 0 Å². The third kappa shape index (κ3) is 3.60. The van der Waals surface area contributed by atoms with Gasteiger partial charge in [0.05, 0.1) is 5.69 Å². The Bertz CT molecular complexity index is 867. The van der Waals surface area contributed by atoms with E-state index in [2.05, 4.69) is 9.97 Å². The number of hydrogen-bond donors (Lipinski definition) is 1. The standard InChI is InChI=1S/C18H20N4O3/c1-12-3-4-14(9-13(12)2)15-10-16(20-18(25)19-15)17(24)22-7-5-21(11-23)6-8-22/h3-4,9-11H,5-8H2,1-2H3,(H,19,20,25). The van der Waals surface area contributed by atoms with E-state index in [1.807, 2.05) is 32.0 Å². The smallest absolute Gasteiger partial charge is 0.342 e. The Labute approximate surface area is 145 Å². The van der Waals surface area contributed by atoms with Gasteiger partial charge in [-0.05, 0) is 37.1 Å². The number of aromatic amines is 1. The first-order valence-electron chi connectivity index (χ1n) is 8.15. The number of piperazine rings is 1. The number of aromatic nitrogens is 2. The van der Waals surface area contributed by atoms with Gasteiger partial charge in [0.15, 0.2) is 0 Å². The lowest BCUT2D eigenvalue weighted by atomic mass is 10.0. The Hall–Kier alpha value is -2.96. The largest absolute Gasteiger partial charge is 0.346 e. The van der Waals surface area contributed by atoms with Crippen LogP contribution in [-0.4, -0.2) is 58.3 Å². The normalized spacial score (nSPS) is 14.5. The summed E-state index contributed by atoms with van der Waals surface area (Å²) < 4.78 is 0. The molecule has 2 heterocycles. The fourth-order valence-corrected chi connectivity index (χ4v) is 2.82. The van der Waals surface area contributed by atoms with E-state index < -0.39 is 5.69 Å². The number of hydrogen-bond acceptors (Lipinski definition) is 4. The van der Waals surface area contributed by atoms with Crippen LogP contribution in [0.25, 0.3) is 11.3 Å². The average Bonchev–Trinajstić information content (AvgIpc) is 2.63. The van der Waals surface area contributed by atoms with Gasteiger partial charge < -0.3 is 14.8 Å². The van der Waals surface area contributed by atoms with Gasteiger partial charge in [-0.25, -0.2) is 4.79 Å². The highest BCUT2D eigenvalue weighted by atomic mass is 16.2. The highest BCUT2D eigenvalue weighted by Crippen LogP contribution is 2.20. The molecule has 130 valence electrons. The fourth-order valence-electron chi connectivity index (χ4n) is 2.82. The molecule has 1 aromatic heterocycles. The highest BCUT2D eigenvalue weighted by molar-refractivity contribution is 5.93. The molecule has 0 radical (unpaired) electrons. The van der Waals surface area contributed by atoms with Crippen LogP contribution in [0.4, 0.5) is 0 Å². The zero-order valence-electron chi connectivity index (χ0n) is 14.3. The van der Waals surface area contributed by atoms with Crippen molar-refractivity contribution in [1.29, 1.82) is 0 Å². The van der Waals surface area contributed by atoms with Crippen LogP contribution in [0, 0.1) is 13.8 Å². The minimum absolute atomic E-state index is 0.216. The van der Waals surface area contributed by atoms with Crippen LogP contribution < -0.4 is 5.69 Å². The number of amides is 2. The lowest BCUT2D eigenvalue weighted by Gasteiger charge is -2.32. The van der Waals surface area contributed by atoms with E-state index in [-0.39, 0.29) is 11.6 Å². The molecule has 1 fully saturated rings. The highest BCUT2D eigenvalue weighted by Gasteiger charge is 2.22. The fraction of sp³-hybridized carbons (Fsp3) is 0.333. The van der Waals surface area contributed by atoms with Crippen LogP contribution in [0.5, 0.6) is 0 Å². The Balaban J connectivity index is 1.89. The van der Waals surface area contributed by atoms with Crippen molar-refractivity contribution in [3.05, 3.63) is 51.6 Å². The number of carbonyl (C=O) groups excluding carboxylic acids is 2. The number of carbonyl (C=O) groups is 2. The van der Waals surface area contributed by atoms with Gasteiger partial charge in [-0.15, -0.1) is 0 Å². The Morgan fingerprint density at radius 3 is 2.48 bits per heavy atom. The van der Waals surface area contributed by atoms with Crippen molar-refractivity contribution < 1.29 is 9.59 Å². The van der Waals surface area contributed by atoms with Crippen LogP contribution >= 0.6 is 0 Å². The SMILES string of the molecule is Cc1ccc(-c2cc(C(=O)N3CCN(C=O)CC3)[nH]c(=O)n2)cc1C. The van der Waals surface area contributed by atoms with Crippen molar-refractivity contribution in [2.24, 2.45) is 0 Å². The zero-order chi connectivity index (χ0) is 18.0. The van der Waals surface area contributed by atoms with Gasteiger partial charge in [-0.1, -0.05) is 12.1 Å². The number of aryl methyl sites for hydroxylation is 2. The van der Waals surface area contributed by atoms with Crippen molar-refractivity contribution in [3.63, 3.8) is 0 Å². The minimum atomic E-state index is -0.550. The first-order chi connectivity index (χ1) is 12.0. The summed E-state index contributed by atoms with van der Waals surface area (Å²) in [6, 6.07) is 7.42. The minimum Gasteiger partial charge on any atom is -0.342 e.